The first-order chi connectivity index (χ1) is 14.2. The summed E-state index contributed by atoms with van der Waals surface area (Å²) < 4.78 is 13.0. The molecule has 0 aliphatic carbocycles. The first-order valence-electron chi connectivity index (χ1n) is 10.7. The normalized spacial score (nSPS) is 21.7. The van der Waals surface area contributed by atoms with Gasteiger partial charge in [-0.15, -0.1) is 5.10 Å². The van der Waals surface area contributed by atoms with Gasteiger partial charge in [-0.1, -0.05) is 13.8 Å². The second-order valence-corrected chi connectivity index (χ2v) is 8.26. The maximum atomic E-state index is 5.80. The summed E-state index contributed by atoms with van der Waals surface area (Å²) in [6, 6.07) is 8.53. The van der Waals surface area contributed by atoms with Gasteiger partial charge in [0, 0.05) is 38.5 Å². The van der Waals surface area contributed by atoms with Crippen LogP contribution in [0, 0.1) is 5.92 Å². The molecule has 2 aliphatic rings. The molecule has 1 aromatic heterocycles. The monoisotopic (exact) mass is 400 g/mol. The van der Waals surface area contributed by atoms with Gasteiger partial charge in [0.15, 0.2) is 5.82 Å². The lowest BCUT2D eigenvalue weighted by Crippen LogP contribution is -2.49. The van der Waals surface area contributed by atoms with Crippen molar-refractivity contribution in [3.8, 4) is 5.75 Å². The quantitative estimate of drug-likeness (QED) is 0.707. The Morgan fingerprint density at radius 3 is 2.52 bits per heavy atom. The third-order valence-electron chi connectivity index (χ3n) is 6.00. The molecule has 29 heavy (non-hydrogen) atoms. The molecule has 2 fully saturated rings. The highest BCUT2D eigenvalue weighted by atomic mass is 16.5. The molecule has 4 rings (SSSR count). The van der Waals surface area contributed by atoms with Crippen molar-refractivity contribution in [2.24, 2.45) is 5.92 Å². The van der Waals surface area contributed by atoms with Crippen LogP contribution >= 0.6 is 0 Å². The highest BCUT2D eigenvalue weighted by molar-refractivity contribution is 5.49. The van der Waals surface area contributed by atoms with Crippen LogP contribution < -0.4 is 9.64 Å². The zero-order valence-electron chi connectivity index (χ0n) is 17.7. The zero-order chi connectivity index (χ0) is 20.2. The Hall–Kier alpha value is -2.19. The number of hydrogen-bond donors (Lipinski definition) is 0. The van der Waals surface area contributed by atoms with E-state index < -0.39 is 0 Å². The highest BCUT2D eigenvalue weighted by Gasteiger charge is 2.32. The van der Waals surface area contributed by atoms with Crippen LogP contribution in [0.1, 0.15) is 38.6 Å². The van der Waals surface area contributed by atoms with Crippen molar-refractivity contribution in [1.29, 1.82) is 0 Å². The van der Waals surface area contributed by atoms with E-state index in [1.807, 2.05) is 16.8 Å². The van der Waals surface area contributed by atoms with Crippen LogP contribution in [0.2, 0.25) is 0 Å². The van der Waals surface area contributed by atoms with Gasteiger partial charge in [0.2, 0.25) is 0 Å². The number of tetrazole rings is 1. The van der Waals surface area contributed by atoms with Crippen LogP contribution in [-0.2, 0) is 11.3 Å². The standard InChI is InChI=1S/C21H32N6O2/c1-16(2)20(21-22-23-24-27(21)15-19-5-4-14-29-19)26-12-10-25(11-13-26)17-6-8-18(28-3)9-7-17/h6-9,16,19-20H,4-5,10-15H2,1-3H3/t19-,20+/m1/s1. The largest absolute Gasteiger partial charge is 0.497 e. The van der Waals surface area contributed by atoms with Crippen molar-refractivity contribution >= 4 is 5.69 Å². The number of hydrogen-bond acceptors (Lipinski definition) is 7. The number of ether oxygens (including phenoxy) is 2. The molecule has 0 bridgehead atoms. The summed E-state index contributed by atoms with van der Waals surface area (Å²) in [5.74, 6) is 2.29. The molecule has 2 aliphatic heterocycles. The van der Waals surface area contributed by atoms with E-state index >= 15 is 0 Å². The van der Waals surface area contributed by atoms with Gasteiger partial charge >= 0.3 is 0 Å². The van der Waals surface area contributed by atoms with Crippen molar-refractivity contribution in [2.75, 3.05) is 44.8 Å². The summed E-state index contributed by atoms with van der Waals surface area (Å²) in [7, 11) is 1.70. The Morgan fingerprint density at radius 1 is 1.14 bits per heavy atom. The number of methoxy groups -OCH3 is 1. The summed E-state index contributed by atoms with van der Waals surface area (Å²) in [6.45, 7) is 10.1. The van der Waals surface area contributed by atoms with Gasteiger partial charge in [0.05, 0.1) is 25.8 Å². The molecule has 0 amide bonds. The van der Waals surface area contributed by atoms with Gasteiger partial charge in [-0.25, -0.2) is 4.68 Å². The third kappa shape index (κ3) is 4.53. The van der Waals surface area contributed by atoms with Crippen molar-refractivity contribution in [2.45, 2.75) is 45.4 Å². The van der Waals surface area contributed by atoms with E-state index in [9.17, 15) is 0 Å². The van der Waals surface area contributed by atoms with E-state index in [-0.39, 0.29) is 12.1 Å². The van der Waals surface area contributed by atoms with Crippen molar-refractivity contribution in [1.82, 2.24) is 25.1 Å². The van der Waals surface area contributed by atoms with Gasteiger partial charge in [0.25, 0.3) is 0 Å². The van der Waals surface area contributed by atoms with Crippen LogP contribution in [0.4, 0.5) is 5.69 Å². The fourth-order valence-electron chi connectivity index (χ4n) is 4.47. The van der Waals surface area contributed by atoms with Crippen LogP contribution in [0.5, 0.6) is 5.75 Å². The number of piperazine rings is 1. The Bertz CT molecular complexity index is 764. The van der Waals surface area contributed by atoms with Gasteiger partial charge in [0.1, 0.15) is 5.75 Å². The van der Waals surface area contributed by atoms with Crippen molar-refractivity contribution in [3.05, 3.63) is 30.1 Å². The minimum atomic E-state index is 0.212. The topological polar surface area (TPSA) is 68.5 Å². The molecule has 1 aromatic carbocycles. The van der Waals surface area contributed by atoms with Crippen LogP contribution in [-0.4, -0.2) is 71.1 Å². The van der Waals surface area contributed by atoms with E-state index in [0.29, 0.717) is 5.92 Å². The van der Waals surface area contributed by atoms with E-state index in [2.05, 4.69) is 51.3 Å². The molecule has 0 N–H and O–H groups in total. The Labute approximate surface area is 172 Å². The van der Waals surface area contributed by atoms with Crippen LogP contribution in [0.15, 0.2) is 24.3 Å². The number of anilines is 1. The SMILES string of the molecule is COc1ccc(N2CCN([C@H](c3nnnn3C[C@H]3CCCO3)C(C)C)CC2)cc1. The average molecular weight is 401 g/mol. The first kappa shape index (κ1) is 20.1. The Morgan fingerprint density at radius 2 is 1.90 bits per heavy atom. The lowest BCUT2D eigenvalue weighted by Gasteiger charge is -2.41. The molecule has 0 unspecified atom stereocenters. The minimum Gasteiger partial charge on any atom is -0.497 e. The maximum absolute atomic E-state index is 5.80. The third-order valence-corrected chi connectivity index (χ3v) is 6.00. The maximum Gasteiger partial charge on any atom is 0.168 e. The van der Waals surface area contributed by atoms with Gasteiger partial charge < -0.3 is 14.4 Å². The first-order valence-corrected chi connectivity index (χ1v) is 10.7. The lowest BCUT2D eigenvalue weighted by molar-refractivity contribution is 0.0865. The summed E-state index contributed by atoms with van der Waals surface area (Å²) >= 11 is 0. The predicted octanol–water partition coefficient (Wildman–Crippen LogP) is 2.38. The molecular weight excluding hydrogens is 368 g/mol. The average Bonchev–Trinajstić information content (AvgIpc) is 3.42. The molecular formula is C21H32N6O2. The molecule has 2 saturated heterocycles. The number of nitrogens with zero attached hydrogens (tertiary/aromatic N) is 6. The molecule has 8 nitrogen and oxygen atoms in total. The molecule has 0 saturated carbocycles. The van der Waals surface area contributed by atoms with Gasteiger partial charge in [-0.2, -0.15) is 0 Å². The van der Waals surface area contributed by atoms with E-state index in [0.717, 1.165) is 63.7 Å². The zero-order valence-corrected chi connectivity index (χ0v) is 17.7. The molecule has 8 heteroatoms. The van der Waals surface area contributed by atoms with Gasteiger partial charge in [-0.3, -0.25) is 4.90 Å². The summed E-state index contributed by atoms with van der Waals surface area (Å²) in [5, 5.41) is 12.7. The van der Waals surface area contributed by atoms with E-state index in [1.165, 1.54) is 5.69 Å². The number of rotatable bonds is 7. The van der Waals surface area contributed by atoms with Crippen LogP contribution in [0.3, 0.4) is 0 Å². The Balaban J connectivity index is 1.43. The van der Waals surface area contributed by atoms with Crippen molar-refractivity contribution in [3.63, 3.8) is 0 Å². The molecule has 158 valence electrons. The molecule has 0 spiro atoms. The minimum absolute atomic E-state index is 0.212. The summed E-state index contributed by atoms with van der Waals surface area (Å²) in [5.41, 5.74) is 1.25. The summed E-state index contributed by atoms with van der Waals surface area (Å²) in [6.07, 6.45) is 2.45. The smallest absolute Gasteiger partial charge is 0.168 e. The van der Waals surface area contributed by atoms with E-state index in [4.69, 9.17) is 9.47 Å². The fraction of sp³-hybridized carbons (Fsp3) is 0.667. The molecule has 0 radical (unpaired) electrons. The fourth-order valence-corrected chi connectivity index (χ4v) is 4.47. The van der Waals surface area contributed by atoms with Crippen molar-refractivity contribution < 1.29 is 9.47 Å². The Kier molecular flexibility index (Phi) is 6.30. The molecule has 2 aromatic rings. The molecule has 3 heterocycles. The number of aromatic nitrogens is 4. The number of benzene rings is 1. The van der Waals surface area contributed by atoms with E-state index in [1.54, 1.807) is 7.11 Å². The van der Waals surface area contributed by atoms with Gasteiger partial charge in [-0.05, 0) is 53.5 Å². The van der Waals surface area contributed by atoms with Crippen LogP contribution in [0.25, 0.3) is 0 Å². The summed E-state index contributed by atoms with van der Waals surface area (Å²) in [4.78, 5) is 4.96. The predicted molar refractivity (Wildman–Crippen MR) is 111 cm³/mol. The second kappa shape index (κ2) is 9.09. The second-order valence-electron chi connectivity index (χ2n) is 8.26. The molecule has 2 atom stereocenters. The highest BCUT2D eigenvalue weighted by Crippen LogP contribution is 2.30. The lowest BCUT2D eigenvalue weighted by atomic mass is 10.0.